The molecule has 4 aromatic carbocycles. The predicted octanol–water partition coefficient (Wildman–Crippen LogP) is 6.69. The minimum Gasteiger partial charge on any atom is -0.489 e. The molecule has 0 saturated heterocycles. The van der Waals surface area contributed by atoms with Crippen LogP contribution in [0.2, 0.25) is 5.02 Å². The smallest absolute Gasteiger partial charge is 0.336 e. The summed E-state index contributed by atoms with van der Waals surface area (Å²) in [7, 11) is 0. The van der Waals surface area contributed by atoms with Crippen LogP contribution >= 0.6 is 11.6 Å². The average Bonchev–Trinajstić information content (AvgIpc) is 2.78. The molecule has 31 heavy (non-hydrogen) atoms. The lowest BCUT2D eigenvalue weighted by molar-refractivity contribution is 0.0696. The lowest BCUT2D eigenvalue weighted by Crippen LogP contribution is -2.07. The topological polar surface area (TPSA) is 58.6 Å². The molecule has 0 aromatic heterocycles. The van der Waals surface area contributed by atoms with Crippen LogP contribution in [0.5, 0.6) is 5.75 Å². The van der Waals surface area contributed by atoms with Gasteiger partial charge in [-0.3, -0.25) is 0 Å². The van der Waals surface area contributed by atoms with Crippen LogP contribution in [0.15, 0.2) is 78.9 Å². The Hall–Kier alpha value is -3.50. The van der Waals surface area contributed by atoms with Crippen molar-refractivity contribution in [2.24, 2.45) is 0 Å². The second-order valence-electron chi connectivity index (χ2n) is 7.32. The van der Waals surface area contributed by atoms with Gasteiger partial charge >= 0.3 is 5.97 Å². The molecular weight excluding hydrogens is 410 g/mol. The van der Waals surface area contributed by atoms with Gasteiger partial charge in [0.25, 0.3) is 0 Å². The number of fused-ring (bicyclic) bond motifs is 1. The van der Waals surface area contributed by atoms with Crippen LogP contribution in [-0.4, -0.2) is 11.1 Å². The van der Waals surface area contributed by atoms with E-state index in [1.165, 1.54) is 0 Å². The number of rotatable bonds is 7. The Kier molecular flexibility index (Phi) is 6.10. The minimum absolute atomic E-state index is 0.294. The Morgan fingerprint density at radius 2 is 1.74 bits per heavy atom. The van der Waals surface area contributed by atoms with Gasteiger partial charge in [0.1, 0.15) is 12.4 Å². The van der Waals surface area contributed by atoms with Gasteiger partial charge in [0.15, 0.2) is 0 Å². The second-order valence-corrected chi connectivity index (χ2v) is 7.75. The maximum absolute atomic E-state index is 11.5. The number of nitrogens with one attached hydrogen (secondary N) is 1. The first-order chi connectivity index (χ1) is 15.0. The number of aromatic carboxylic acids is 1. The van der Waals surface area contributed by atoms with Gasteiger partial charge in [0, 0.05) is 22.8 Å². The SMILES string of the molecule is Cc1c(NCc2c(OCc3ccc(Cl)cc3)ccc3ccccc23)cccc1C(=O)O. The average molecular weight is 432 g/mol. The number of benzene rings is 4. The molecule has 0 saturated carbocycles. The molecule has 0 atom stereocenters. The predicted molar refractivity (Wildman–Crippen MR) is 125 cm³/mol. The van der Waals surface area contributed by atoms with Crippen molar-refractivity contribution in [2.45, 2.75) is 20.1 Å². The summed E-state index contributed by atoms with van der Waals surface area (Å²) in [5.41, 5.74) is 3.84. The highest BCUT2D eigenvalue weighted by molar-refractivity contribution is 6.30. The summed E-state index contributed by atoms with van der Waals surface area (Å²) in [6, 6.07) is 25.0. The van der Waals surface area contributed by atoms with Gasteiger partial charge < -0.3 is 15.2 Å². The van der Waals surface area contributed by atoms with Gasteiger partial charge in [-0.05, 0) is 59.2 Å². The number of hydrogen-bond donors (Lipinski definition) is 2. The number of anilines is 1. The van der Waals surface area contributed by atoms with Gasteiger partial charge in [-0.15, -0.1) is 0 Å². The summed E-state index contributed by atoms with van der Waals surface area (Å²) in [5, 5.41) is 15.7. The zero-order valence-electron chi connectivity index (χ0n) is 17.1. The number of halogens is 1. The summed E-state index contributed by atoms with van der Waals surface area (Å²) in [6.45, 7) is 2.74. The number of carboxylic acids is 1. The fourth-order valence-corrected chi connectivity index (χ4v) is 3.74. The molecule has 0 heterocycles. The third-order valence-corrected chi connectivity index (χ3v) is 5.58. The minimum atomic E-state index is -0.932. The van der Waals surface area contributed by atoms with Crippen molar-refractivity contribution in [3.8, 4) is 5.75 Å². The van der Waals surface area contributed by atoms with Crippen LogP contribution in [-0.2, 0) is 13.2 Å². The molecule has 4 nitrogen and oxygen atoms in total. The third kappa shape index (κ3) is 4.65. The molecule has 0 amide bonds. The van der Waals surface area contributed by atoms with Crippen molar-refractivity contribution in [1.29, 1.82) is 0 Å². The van der Waals surface area contributed by atoms with E-state index in [0.29, 0.717) is 29.3 Å². The van der Waals surface area contributed by atoms with E-state index in [4.69, 9.17) is 16.3 Å². The quantitative estimate of drug-likeness (QED) is 0.342. The first kappa shape index (κ1) is 20.8. The Morgan fingerprint density at radius 3 is 2.52 bits per heavy atom. The van der Waals surface area contributed by atoms with Crippen molar-refractivity contribution in [1.82, 2.24) is 0 Å². The molecule has 156 valence electrons. The summed E-state index contributed by atoms with van der Waals surface area (Å²) >= 11 is 5.98. The monoisotopic (exact) mass is 431 g/mol. The Bertz CT molecular complexity index is 1240. The molecule has 0 aliphatic carbocycles. The van der Waals surface area contributed by atoms with Crippen LogP contribution < -0.4 is 10.1 Å². The van der Waals surface area contributed by atoms with Crippen LogP contribution in [0, 0.1) is 6.92 Å². The molecule has 4 aromatic rings. The first-order valence-electron chi connectivity index (χ1n) is 9.97. The van der Waals surface area contributed by atoms with Gasteiger partial charge in [-0.25, -0.2) is 4.79 Å². The van der Waals surface area contributed by atoms with Crippen LogP contribution in [0.1, 0.15) is 27.0 Å². The van der Waals surface area contributed by atoms with E-state index in [1.807, 2.05) is 61.5 Å². The maximum Gasteiger partial charge on any atom is 0.336 e. The molecule has 0 bridgehead atoms. The van der Waals surface area contributed by atoms with E-state index in [2.05, 4.69) is 17.4 Å². The van der Waals surface area contributed by atoms with Gasteiger partial charge in [0.2, 0.25) is 0 Å². The number of ether oxygens (including phenoxy) is 1. The summed E-state index contributed by atoms with van der Waals surface area (Å²) < 4.78 is 6.17. The molecule has 0 aliphatic rings. The van der Waals surface area contributed by atoms with E-state index in [-0.39, 0.29) is 0 Å². The summed E-state index contributed by atoms with van der Waals surface area (Å²) in [5.74, 6) is -0.147. The second kappa shape index (κ2) is 9.11. The molecule has 0 aliphatic heterocycles. The standard InChI is InChI=1S/C26H22ClNO3/c1-17-21(26(29)30)7-4-8-24(17)28-15-23-22-6-3-2-5-19(22)11-14-25(23)31-16-18-9-12-20(27)13-10-18/h2-14,28H,15-16H2,1H3,(H,29,30). The fourth-order valence-electron chi connectivity index (χ4n) is 3.62. The number of carboxylic acid groups (broad SMARTS) is 1. The molecule has 4 rings (SSSR count). The maximum atomic E-state index is 11.5. The van der Waals surface area contributed by atoms with Gasteiger partial charge in [0.05, 0.1) is 5.56 Å². The molecular formula is C26H22ClNO3. The molecule has 0 spiro atoms. The van der Waals surface area contributed by atoms with Crippen molar-refractivity contribution in [2.75, 3.05) is 5.32 Å². The van der Waals surface area contributed by atoms with E-state index >= 15 is 0 Å². The van der Waals surface area contributed by atoms with Gasteiger partial charge in [-0.1, -0.05) is 60.1 Å². The molecule has 0 unspecified atom stereocenters. The van der Waals surface area contributed by atoms with Crippen molar-refractivity contribution in [3.63, 3.8) is 0 Å². The fraction of sp³-hybridized carbons (Fsp3) is 0.115. The molecule has 5 heteroatoms. The van der Waals surface area contributed by atoms with Crippen molar-refractivity contribution in [3.05, 3.63) is 106 Å². The lowest BCUT2D eigenvalue weighted by Gasteiger charge is -2.17. The van der Waals surface area contributed by atoms with E-state index < -0.39 is 5.97 Å². The lowest BCUT2D eigenvalue weighted by atomic mass is 10.0. The van der Waals surface area contributed by atoms with Crippen molar-refractivity contribution < 1.29 is 14.6 Å². The highest BCUT2D eigenvalue weighted by Crippen LogP contribution is 2.30. The zero-order chi connectivity index (χ0) is 21.8. The van der Waals surface area contributed by atoms with E-state index in [9.17, 15) is 9.90 Å². The highest BCUT2D eigenvalue weighted by atomic mass is 35.5. The van der Waals surface area contributed by atoms with E-state index in [1.54, 1.807) is 12.1 Å². The van der Waals surface area contributed by atoms with Crippen LogP contribution in [0.25, 0.3) is 10.8 Å². The van der Waals surface area contributed by atoms with Crippen molar-refractivity contribution >= 4 is 34.0 Å². The first-order valence-corrected chi connectivity index (χ1v) is 10.4. The Morgan fingerprint density at radius 1 is 0.968 bits per heavy atom. The number of hydrogen-bond acceptors (Lipinski definition) is 3. The van der Waals surface area contributed by atoms with Crippen LogP contribution in [0.3, 0.4) is 0 Å². The Balaban J connectivity index is 1.63. The third-order valence-electron chi connectivity index (χ3n) is 5.33. The normalized spacial score (nSPS) is 10.8. The van der Waals surface area contributed by atoms with E-state index in [0.717, 1.165) is 33.3 Å². The molecule has 2 N–H and O–H groups in total. The largest absolute Gasteiger partial charge is 0.489 e. The van der Waals surface area contributed by atoms with Gasteiger partial charge in [-0.2, -0.15) is 0 Å². The summed E-state index contributed by atoms with van der Waals surface area (Å²) in [6.07, 6.45) is 0. The molecule has 0 radical (unpaired) electrons. The number of carbonyl (C=O) groups is 1. The molecule has 0 fully saturated rings. The summed E-state index contributed by atoms with van der Waals surface area (Å²) in [4.78, 5) is 11.5. The highest BCUT2D eigenvalue weighted by Gasteiger charge is 2.13. The van der Waals surface area contributed by atoms with Crippen LogP contribution in [0.4, 0.5) is 5.69 Å². The zero-order valence-corrected chi connectivity index (χ0v) is 17.8. The Labute approximate surface area is 186 Å².